The molecule has 2 atom stereocenters. The Morgan fingerprint density at radius 2 is 1.79 bits per heavy atom. The maximum Gasteiger partial charge on any atom is 0.249 e. The average Bonchev–Trinajstić information content (AvgIpc) is 3.28. The second-order valence-corrected chi connectivity index (χ2v) is 11.6. The van der Waals surface area contributed by atoms with Crippen molar-refractivity contribution in [3.05, 3.63) is 83.9 Å². The number of hydrogen-bond donors (Lipinski definition) is 2. The van der Waals surface area contributed by atoms with Crippen LogP contribution in [0, 0.1) is 18.3 Å². The third-order valence-corrected chi connectivity index (χ3v) is 8.47. The summed E-state index contributed by atoms with van der Waals surface area (Å²) >= 11 is 0. The first-order chi connectivity index (χ1) is 18.5. The van der Waals surface area contributed by atoms with Gasteiger partial charge in [-0.05, 0) is 86.1 Å². The summed E-state index contributed by atoms with van der Waals surface area (Å²) in [5.74, 6) is 1.40. The summed E-state index contributed by atoms with van der Waals surface area (Å²) in [6.07, 6.45) is 1.93. The van der Waals surface area contributed by atoms with Crippen molar-refractivity contribution in [3.8, 4) is 5.75 Å². The van der Waals surface area contributed by atoms with Gasteiger partial charge in [-0.1, -0.05) is 32.0 Å². The summed E-state index contributed by atoms with van der Waals surface area (Å²) in [5.41, 5.74) is 3.02. The number of para-hydroxylation sites is 1. The van der Waals surface area contributed by atoms with E-state index in [9.17, 15) is 9.59 Å². The first-order valence-corrected chi connectivity index (χ1v) is 13.4. The number of nitrogens with zero attached hydrogens (tertiary/aromatic N) is 1. The summed E-state index contributed by atoms with van der Waals surface area (Å²) < 4.78 is 10.8. The molecule has 7 nitrogen and oxygen atoms in total. The van der Waals surface area contributed by atoms with Crippen LogP contribution in [0.2, 0.25) is 0 Å². The lowest BCUT2D eigenvalue weighted by atomic mass is 9.98. The fourth-order valence-corrected chi connectivity index (χ4v) is 5.93. The minimum Gasteiger partial charge on any atom is -0.497 e. The quantitative estimate of drug-likeness (QED) is 0.255. The molecule has 1 saturated carbocycles. The minimum absolute atomic E-state index is 0.0444. The molecule has 7 heteroatoms. The number of rotatable bonds is 9. The number of H-pyrrole nitrogens is 1. The van der Waals surface area contributed by atoms with Crippen LogP contribution in [0.3, 0.4) is 0 Å². The normalized spacial score (nSPS) is 18.1. The van der Waals surface area contributed by atoms with E-state index in [4.69, 9.17) is 9.15 Å². The van der Waals surface area contributed by atoms with Crippen LogP contribution in [-0.2, 0) is 16.1 Å². The summed E-state index contributed by atoms with van der Waals surface area (Å²) in [4.78, 5) is 32.8. The Balaban J connectivity index is 1.39. The fraction of sp³-hybridized carbons (Fsp3) is 0.375. The topological polar surface area (TPSA) is 87.6 Å². The number of benzene rings is 2. The minimum atomic E-state index is -1.13. The highest BCUT2D eigenvalue weighted by Gasteiger charge is 2.60. The summed E-state index contributed by atoms with van der Waals surface area (Å²) in [7, 11) is 1.60. The SMILES string of the molecule is COc1ccc(NC(=O)C(C)(C)N(Cc2ccco2)C(=O)C[C@H]2[C@H](c3c(C)[nH]c4ccccc34)C2(C)C)cc1. The van der Waals surface area contributed by atoms with E-state index in [0.717, 1.165) is 11.2 Å². The predicted octanol–water partition coefficient (Wildman–Crippen LogP) is 6.65. The van der Waals surface area contributed by atoms with Crippen LogP contribution in [0.5, 0.6) is 5.75 Å². The van der Waals surface area contributed by atoms with Gasteiger partial charge in [0.2, 0.25) is 11.8 Å². The number of nitrogens with one attached hydrogen (secondary N) is 2. The van der Waals surface area contributed by atoms with E-state index in [2.05, 4.69) is 49.3 Å². The van der Waals surface area contributed by atoms with Gasteiger partial charge in [0.05, 0.1) is 19.9 Å². The van der Waals surface area contributed by atoms with E-state index in [1.54, 1.807) is 62.5 Å². The van der Waals surface area contributed by atoms with E-state index in [1.807, 2.05) is 12.1 Å². The van der Waals surface area contributed by atoms with Gasteiger partial charge in [0, 0.05) is 28.7 Å². The van der Waals surface area contributed by atoms with Crippen molar-refractivity contribution in [1.82, 2.24) is 9.88 Å². The van der Waals surface area contributed by atoms with Crippen molar-refractivity contribution in [2.24, 2.45) is 11.3 Å². The second-order valence-electron chi connectivity index (χ2n) is 11.6. The third kappa shape index (κ3) is 4.93. The molecule has 2 heterocycles. The van der Waals surface area contributed by atoms with Crippen molar-refractivity contribution in [3.63, 3.8) is 0 Å². The molecule has 0 spiro atoms. The zero-order valence-electron chi connectivity index (χ0n) is 23.5. The van der Waals surface area contributed by atoms with Gasteiger partial charge in [-0.15, -0.1) is 0 Å². The summed E-state index contributed by atoms with van der Waals surface area (Å²) in [6, 6.07) is 19.1. The zero-order valence-corrected chi connectivity index (χ0v) is 23.5. The maximum atomic E-state index is 14.0. The monoisotopic (exact) mass is 527 g/mol. The lowest BCUT2D eigenvalue weighted by molar-refractivity contribution is -0.145. The van der Waals surface area contributed by atoms with Gasteiger partial charge < -0.3 is 24.4 Å². The molecule has 1 fully saturated rings. The molecule has 0 bridgehead atoms. The highest BCUT2D eigenvalue weighted by molar-refractivity contribution is 6.00. The Bertz CT molecular complexity index is 1480. The summed E-state index contributed by atoms with van der Waals surface area (Å²) in [6.45, 7) is 10.3. The van der Waals surface area contributed by atoms with Gasteiger partial charge in [0.15, 0.2) is 0 Å². The molecular weight excluding hydrogens is 490 g/mol. The van der Waals surface area contributed by atoms with Gasteiger partial charge in [0.25, 0.3) is 0 Å². The molecule has 2 N–H and O–H groups in total. The number of hydrogen-bond acceptors (Lipinski definition) is 4. The lowest BCUT2D eigenvalue weighted by Gasteiger charge is -2.37. The van der Waals surface area contributed by atoms with Crippen LogP contribution >= 0.6 is 0 Å². The van der Waals surface area contributed by atoms with Crippen molar-refractivity contribution in [2.45, 2.75) is 59.0 Å². The van der Waals surface area contributed by atoms with E-state index >= 15 is 0 Å². The molecule has 39 heavy (non-hydrogen) atoms. The number of furan rings is 1. The molecule has 2 aromatic heterocycles. The molecule has 0 unspecified atom stereocenters. The molecule has 0 saturated heterocycles. The number of aryl methyl sites for hydroxylation is 1. The highest BCUT2D eigenvalue weighted by atomic mass is 16.5. The highest BCUT2D eigenvalue weighted by Crippen LogP contribution is 2.67. The fourth-order valence-electron chi connectivity index (χ4n) is 5.93. The Labute approximate surface area is 229 Å². The van der Waals surface area contributed by atoms with Gasteiger partial charge in [0.1, 0.15) is 17.0 Å². The molecule has 0 aliphatic heterocycles. The molecule has 0 radical (unpaired) electrons. The average molecular weight is 528 g/mol. The molecule has 1 aliphatic rings. The molecule has 2 aromatic carbocycles. The van der Waals surface area contributed by atoms with Crippen molar-refractivity contribution < 1.29 is 18.7 Å². The van der Waals surface area contributed by atoms with Crippen molar-refractivity contribution >= 4 is 28.4 Å². The van der Waals surface area contributed by atoms with Crippen LogP contribution in [0.1, 0.15) is 57.1 Å². The van der Waals surface area contributed by atoms with E-state index in [0.29, 0.717) is 23.6 Å². The number of ether oxygens (including phenoxy) is 1. The van der Waals surface area contributed by atoms with Crippen LogP contribution in [0.15, 0.2) is 71.3 Å². The molecule has 2 amide bonds. The lowest BCUT2D eigenvalue weighted by Crippen LogP contribution is -2.54. The number of aromatic amines is 1. The Morgan fingerprint density at radius 1 is 1.08 bits per heavy atom. The van der Waals surface area contributed by atoms with E-state index in [-0.39, 0.29) is 35.6 Å². The van der Waals surface area contributed by atoms with Crippen molar-refractivity contribution in [1.29, 1.82) is 0 Å². The number of anilines is 1. The molecule has 4 aromatic rings. The Hall–Kier alpha value is -4.00. The van der Waals surface area contributed by atoms with Gasteiger partial charge >= 0.3 is 0 Å². The Kier molecular flexibility index (Phi) is 6.79. The van der Waals surface area contributed by atoms with E-state index < -0.39 is 5.54 Å². The Morgan fingerprint density at radius 3 is 2.46 bits per heavy atom. The molecule has 204 valence electrons. The maximum absolute atomic E-state index is 14.0. The van der Waals surface area contributed by atoms with Gasteiger partial charge in [-0.25, -0.2) is 0 Å². The smallest absolute Gasteiger partial charge is 0.249 e. The first-order valence-electron chi connectivity index (χ1n) is 13.4. The van der Waals surface area contributed by atoms with E-state index in [1.165, 1.54) is 10.9 Å². The number of fused-ring (bicyclic) bond motifs is 1. The largest absolute Gasteiger partial charge is 0.497 e. The second kappa shape index (κ2) is 9.95. The third-order valence-electron chi connectivity index (χ3n) is 8.47. The predicted molar refractivity (Wildman–Crippen MR) is 153 cm³/mol. The number of aromatic nitrogens is 1. The zero-order chi connectivity index (χ0) is 27.9. The van der Waals surface area contributed by atoms with Gasteiger partial charge in [-0.3, -0.25) is 9.59 Å². The van der Waals surface area contributed by atoms with Crippen LogP contribution in [0.25, 0.3) is 10.9 Å². The van der Waals surface area contributed by atoms with Crippen LogP contribution < -0.4 is 10.1 Å². The molecule has 5 rings (SSSR count). The van der Waals surface area contributed by atoms with Gasteiger partial charge in [-0.2, -0.15) is 0 Å². The molecule has 1 aliphatic carbocycles. The number of carbonyl (C=O) groups is 2. The van der Waals surface area contributed by atoms with Crippen molar-refractivity contribution in [2.75, 3.05) is 12.4 Å². The molecular formula is C32H37N3O4. The van der Waals surface area contributed by atoms with Crippen LogP contribution in [0.4, 0.5) is 5.69 Å². The number of amides is 2. The first kappa shape index (κ1) is 26.6. The standard InChI is InChI=1S/C32H37N3O4/c1-20-28(24-11-7-8-12-26(24)33-20)29-25(31(29,2)3)18-27(36)35(19-23-10-9-17-39-23)32(4,5)30(37)34-21-13-15-22(38-6)16-14-21/h7-17,25,29,33H,18-19H2,1-6H3,(H,34,37)/t25-,29+/m0/s1. The summed E-state index contributed by atoms with van der Waals surface area (Å²) in [5, 5.41) is 4.19. The number of methoxy groups -OCH3 is 1. The van der Waals surface area contributed by atoms with Crippen LogP contribution in [-0.4, -0.2) is 34.3 Å². The number of carbonyl (C=O) groups excluding carboxylic acids is 2.